The first kappa shape index (κ1) is 21.5. The fraction of sp³-hybridized carbons (Fsp3) is 0.227. The number of hydrogen-bond donors (Lipinski definition) is 2. The van der Waals surface area contributed by atoms with Gasteiger partial charge in [-0.1, -0.05) is 23.8 Å². The van der Waals surface area contributed by atoms with E-state index in [0.29, 0.717) is 23.6 Å². The van der Waals surface area contributed by atoms with Crippen molar-refractivity contribution in [1.29, 1.82) is 5.26 Å². The van der Waals surface area contributed by atoms with Gasteiger partial charge in [-0.2, -0.15) is 5.26 Å². The summed E-state index contributed by atoms with van der Waals surface area (Å²) in [7, 11) is 0. The molecule has 0 aliphatic carbocycles. The number of anilines is 1. The lowest BCUT2D eigenvalue weighted by atomic mass is 10.1. The summed E-state index contributed by atoms with van der Waals surface area (Å²) in [6.07, 6.45) is 1.43. The van der Waals surface area contributed by atoms with Gasteiger partial charge >= 0.3 is 5.97 Å². The maximum atomic E-state index is 12.5. The van der Waals surface area contributed by atoms with Crippen LogP contribution in [0.15, 0.2) is 42.0 Å². The molecule has 7 heteroatoms. The largest absolute Gasteiger partial charge is 0.490 e. The lowest BCUT2D eigenvalue weighted by Crippen LogP contribution is -2.14. The number of benzene rings is 2. The maximum Gasteiger partial charge on any atom is 0.341 e. The van der Waals surface area contributed by atoms with E-state index in [2.05, 4.69) is 5.32 Å². The molecule has 0 unspecified atom stereocenters. The number of nitriles is 1. The van der Waals surface area contributed by atoms with E-state index in [-0.39, 0.29) is 11.3 Å². The molecule has 0 fully saturated rings. The Hall–Kier alpha value is -3.79. The molecule has 2 rings (SSSR count). The van der Waals surface area contributed by atoms with Crippen LogP contribution in [0.2, 0.25) is 0 Å². The first-order chi connectivity index (χ1) is 13.8. The average Bonchev–Trinajstić information content (AvgIpc) is 2.67. The van der Waals surface area contributed by atoms with Crippen LogP contribution in [0.4, 0.5) is 5.69 Å². The molecule has 2 N–H and O–H groups in total. The first-order valence-corrected chi connectivity index (χ1v) is 8.96. The second-order valence-electron chi connectivity index (χ2n) is 6.26. The van der Waals surface area contributed by atoms with Crippen LogP contribution in [-0.2, 0) is 9.59 Å². The Bertz CT molecular complexity index is 989. The van der Waals surface area contributed by atoms with Crippen LogP contribution >= 0.6 is 0 Å². The Kier molecular flexibility index (Phi) is 7.38. The molecule has 2 aromatic carbocycles. The van der Waals surface area contributed by atoms with Gasteiger partial charge in [-0.15, -0.1) is 0 Å². The molecular formula is C22H22N2O5. The normalized spacial score (nSPS) is 10.8. The predicted molar refractivity (Wildman–Crippen MR) is 109 cm³/mol. The lowest BCUT2D eigenvalue weighted by Gasteiger charge is -2.12. The van der Waals surface area contributed by atoms with E-state index < -0.39 is 18.5 Å². The summed E-state index contributed by atoms with van der Waals surface area (Å²) in [5.74, 6) is -1.03. The summed E-state index contributed by atoms with van der Waals surface area (Å²) in [4.78, 5) is 23.2. The van der Waals surface area contributed by atoms with Gasteiger partial charge in [-0.25, -0.2) is 4.79 Å². The van der Waals surface area contributed by atoms with Gasteiger partial charge in [0.25, 0.3) is 5.91 Å². The number of amides is 1. The zero-order valence-electron chi connectivity index (χ0n) is 16.5. The number of carbonyl (C=O) groups excluding carboxylic acids is 1. The molecule has 0 saturated carbocycles. The van der Waals surface area contributed by atoms with Crippen molar-refractivity contribution in [2.45, 2.75) is 20.8 Å². The van der Waals surface area contributed by atoms with E-state index in [4.69, 9.17) is 14.6 Å². The third kappa shape index (κ3) is 6.11. The molecule has 29 heavy (non-hydrogen) atoms. The predicted octanol–water partition coefficient (Wildman–Crippen LogP) is 3.71. The molecule has 0 saturated heterocycles. The Morgan fingerprint density at radius 2 is 1.90 bits per heavy atom. The summed E-state index contributed by atoms with van der Waals surface area (Å²) in [5.41, 5.74) is 3.07. The fourth-order valence-corrected chi connectivity index (χ4v) is 2.60. The highest BCUT2D eigenvalue weighted by atomic mass is 16.5. The molecule has 0 aliphatic heterocycles. The van der Waals surface area contributed by atoms with E-state index in [1.165, 1.54) is 12.1 Å². The Labute approximate surface area is 169 Å². The number of carboxylic acids is 1. The van der Waals surface area contributed by atoms with Crippen molar-refractivity contribution >= 4 is 23.6 Å². The number of carboxylic acid groups (broad SMARTS) is 1. The van der Waals surface area contributed by atoms with Crippen LogP contribution in [0.1, 0.15) is 23.6 Å². The van der Waals surface area contributed by atoms with E-state index >= 15 is 0 Å². The van der Waals surface area contributed by atoms with Gasteiger partial charge in [0.15, 0.2) is 18.1 Å². The third-order valence-electron chi connectivity index (χ3n) is 3.92. The van der Waals surface area contributed by atoms with Crippen LogP contribution in [0.3, 0.4) is 0 Å². The summed E-state index contributed by atoms with van der Waals surface area (Å²) in [6, 6.07) is 12.3. The lowest BCUT2D eigenvalue weighted by molar-refractivity contribution is -0.139. The number of rotatable bonds is 8. The zero-order chi connectivity index (χ0) is 21.4. The van der Waals surface area contributed by atoms with Crippen LogP contribution in [0, 0.1) is 25.2 Å². The summed E-state index contributed by atoms with van der Waals surface area (Å²) >= 11 is 0. The Morgan fingerprint density at radius 1 is 1.14 bits per heavy atom. The molecule has 0 aliphatic rings. The summed E-state index contributed by atoms with van der Waals surface area (Å²) < 4.78 is 10.7. The van der Waals surface area contributed by atoms with Crippen LogP contribution in [0.5, 0.6) is 11.5 Å². The van der Waals surface area contributed by atoms with Crippen molar-refractivity contribution in [2.75, 3.05) is 18.5 Å². The average molecular weight is 394 g/mol. The van der Waals surface area contributed by atoms with E-state index in [1.54, 1.807) is 25.1 Å². The minimum atomic E-state index is -1.11. The summed E-state index contributed by atoms with van der Waals surface area (Å²) in [5, 5.41) is 20.9. The van der Waals surface area contributed by atoms with E-state index in [0.717, 1.165) is 11.1 Å². The maximum absolute atomic E-state index is 12.5. The zero-order valence-corrected chi connectivity index (χ0v) is 16.5. The van der Waals surface area contributed by atoms with Gasteiger partial charge in [0.1, 0.15) is 11.6 Å². The van der Waals surface area contributed by atoms with Crippen LogP contribution in [-0.4, -0.2) is 30.2 Å². The van der Waals surface area contributed by atoms with E-state index in [9.17, 15) is 14.9 Å². The molecule has 7 nitrogen and oxygen atoms in total. The highest BCUT2D eigenvalue weighted by Gasteiger charge is 2.13. The molecule has 0 atom stereocenters. The smallest absolute Gasteiger partial charge is 0.341 e. The molecule has 150 valence electrons. The Balaban J connectivity index is 2.26. The second-order valence-corrected chi connectivity index (χ2v) is 6.26. The minimum Gasteiger partial charge on any atom is -0.490 e. The van der Waals surface area contributed by atoms with Gasteiger partial charge in [-0.3, -0.25) is 4.79 Å². The molecule has 2 aromatic rings. The molecule has 1 amide bonds. The van der Waals surface area contributed by atoms with Gasteiger partial charge in [0, 0.05) is 5.69 Å². The molecule has 0 heterocycles. The Morgan fingerprint density at radius 3 is 2.52 bits per heavy atom. The van der Waals surface area contributed by atoms with Crippen molar-refractivity contribution in [3.05, 3.63) is 58.7 Å². The second kappa shape index (κ2) is 9.95. The molecular weight excluding hydrogens is 372 g/mol. The number of aryl methyl sites for hydroxylation is 2. The van der Waals surface area contributed by atoms with Crippen molar-refractivity contribution in [3.8, 4) is 17.6 Å². The van der Waals surface area contributed by atoms with Crippen LogP contribution < -0.4 is 14.8 Å². The van der Waals surface area contributed by atoms with Crippen molar-refractivity contribution < 1.29 is 24.2 Å². The topological polar surface area (TPSA) is 109 Å². The minimum absolute atomic E-state index is 0.0772. The van der Waals surface area contributed by atoms with Crippen molar-refractivity contribution in [1.82, 2.24) is 0 Å². The third-order valence-corrected chi connectivity index (χ3v) is 3.92. The molecule has 0 radical (unpaired) electrons. The number of carbonyl (C=O) groups is 2. The number of nitrogens with zero attached hydrogens (tertiary/aromatic N) is 1. The van der Waals surface area contributed by atoms with Crippen molar-refractivity contribution in [3.63, 3.8) is 0 Å². The summed E-state index contributed by atoms with van der Waals surface area (Å²) in [6.45, 7) is 5.45. The van der Waals surface area contributed by atoms with Gasteiger partial charge in [0.05, 0.1) is 6.61 Å². The van der Waals surface area contributed by atoms with Gasteiger partial charge in [0.2, 0.25) is 0 Å². The SMILES string of the molecule is CCOc1cc(/C=C(\C#N)C(=O)Nc2ccc(C)cc2C)ccc1OCC(=O)O. The molecule has 0 spiro atoms. The molecule has 0 aromatic heterocycles. The number of hydrogen-bond acceptors (Lipinski definition) is 5. The number of aliphatic carboxylic acids is 1. The number of nitrogens with one attached hydrogen (secondary N) is 1. The van der Waals surface area contributed by atoms with Gasteiger partial charge in [-0.05, 0) is 56.2 Å². The fourth-order valence-electron chi connectivity index (χ4n) is 2.60. The van der Waals surface area contributed by atoms with E-state index in [1.807, 2.05) is 32.0 Å². The highest BCUT2D eigenvalue weighted by molar-refractivity contribution is 6.10. The highest BCUT2D eigenvalue weighted by Crippen LogP contribution is 2.29. The first-order valence-electron chi connectivity index (χ1n) is 8.96. The quantitative estimate of drug-likeness (QED) is 0.522. The monoisotopic (exact) mass is 394 g/mol. The standard InChI is InChI=1S/C22H22N2O5/c1-4-28-20-11-16(6-8-19(20)29-13-21(25)26)10-17(12-23)22(27)24-18-7-5-14(2)9-15(18)3/h5-11H,4,13H2,1-3H3,(H,24,27)(H,25,26)/b17-10+. The molecule has 0 bridgehead atoms. The van der Waals surface area contributed by atoms with Gasteiger partial charge < -0.3 is 19.9 Å². The number of ether oxygens (including phenoxy) is 2. The van der Waals surface area contributed by atoms with Crippen molar-refractivity contribution in [2.24, 2.45) is 0 Å². The van der Waals surface area contributed by atoms with Crippen LogP contribution in [0.25, 0.3) is 6.08 Å².